The largest absolute Gasteiger partial charge is 0.297 e. The number of ketones is 1. The average molecular weight is 302 g/mol. The second-order valence-electron chi connectivity index (χ2n) is 6.12. The van der Waals surface area contributed by atoms with E-state index in [9.17, 15) is 4.79 Å². The highest BCUT2D eigenvalue weighted by Crippen LogP contribution is 2.14. The standard InChI is InChI=1S/C20H32NO/c1-5-14-21(15-6-2,16-7-3)17-13-20(22)19-11-9-18(8-4)10-12-19/h9-13,17H,5-8,14-16H2,1-4H3/q+1/b17-13+. The Morgan fingerprint density at radius 1 is 0.909 bits per heavy atom. The molecule has 22 heavy (non-hydrogen) atoms. The van der Waals surface area contributed by atoms with Crippen molar-refractivity contribution < 1.29 is 9.28 Å². The van der Waals surface area contributed by atoms with Crippen molar-refractivity contribution in [3.63, 3.8) is 0 Å². The zero-order chi connectivity index (χ0) is 16.4. The molecule has 0 bridgehead atoms. The summed E-state index contributed by atoms with van der Waals surface area (Å²) in [7, 11) is 0. The van der Waals surface area contributed by atoms with E-state index in [0.29, 0.717) is 0 Å². The van der Waals surface area contributed by atoms with Gasteiger partial charge in [-0.25, -0.2) is 0 Å². The van der Waals surface area contributed by atoms with Gasteiger partial charge in [0.2, 0.25) is 0 Å². The number of rotatable bonds is 10. The Morgan fingerprint density at radius 3 is 1.82 bits per heavy atom. The van der Waals surface area contributed by atoms with Crippen LogP contribution in [0.25, 0.3) is 0 Å². The fourth-order valence-electron chi connectivity index (χ4n) is 3.12. The summed E-state index contributed by atoms with van der Waals surface area (Å²) in [6.07, 6.45) is 8.37. The number of quaternary nitrogens is 1. The fourth-order valence-corrected chi connectivity index (χ4v) is 3.12. The van der Waals surface area contributed by atoms with Gasteiger partial charge in [-0.2, -0.15) is 0 Å². The number of nitrogens with zero attached hydrogens (tertiary/aromatic N) is 1. The minimum absolute atomic E-state index is 0.119. The van der Waals surface area contributed by atoms with Crippen LogP contribution in [0.1, 0.15) is 62.9 Å². The predicted octanol–water partition coefficient (Wildman–Crippen LogP) is 4.99. The summed E-state index contributed by atoms with van der Waals surface area (Å²) in [6.45, 7) is 12.1. The van der Waals surface area contributed by atoms with Crippen molar-refractivity contribution in [2.24, 2.45) is 0 Å². The minimum Gasteiger partial charge on any atom is -0.297 e. The topological polar surface area (TPSA) is 17.1 Å². The lowest BCUT2D eigenvalue weighted by Crippen LogP contribution is -2.44. The monoisotopic (exact) mass is 302 g/mol. The van der Waals surface area contributed by atoms with E-state index in [-0.39, 0.29) is 5.78 Å². The lowest BCUT2D eigenvalue weighted by Gasteiger charge is -2.34. The van der Waals surface area contributed by atoms with Crippen molar-refractivity contribution in [2.45, 2.75) is 53.4 Å². The van der Waals surface area contributed by atoms with Crippen molar-refractivity contribution in [2.75, 3.05) is 19.6 Å². The van der Waals surface area contributed by atoms with E-state index in [0.717, 1.165) is 55.4 Å². The molecule has 0 amide bonds. The summed E-state index contributed by atoms with van der Waals surface area (Å²) in [4.78, 5) is 12.4. The van der Waals surface area contributed by atoms with Gasteiger partial charge in [-0.1, -0.05) is 52.0 Å². The first-order valence-electron chi connectivity index (χ1n) is 8.79. The highest BCUT2D eigenvalue weighted by molar-refractivity contribution is 6.04. The van der Waals surface area contributed by atoms with Crippen LogP contribution in [0.3, 0.4) is 0 Å². The molecule has 2 nitrogen and oxygen atoms in total. The van der Waals surface area contributed by atoms with Crippen LogP contribution in [0.15, 0.2) is 36.5 Å². The Labute approximate surface area is 136 Å². The van der Waals surface area contributed by atoms with E-state index in [1.165, 1.54) is 5.56 Å². The maximum atomic E-state index is 12.4. The third kappa shape index (κ3) is 5.42. The third-order valence-electron chi connectivity index (χ3n) is 4.20. The molecule has 2 heteroatoms. The summed E-state index contributed by atoms with van der Waals surface area (Å²) in [5.41, 5.74) is 2.06. The Hall–Kier alpha value is -1.41. The maximum absolute atomic E-state index is 12.4. The van der Waals surface area contributed by atoms with Gasteiger partial charge in [0.25, 0.3) is 0 Å². The van der Waals surface area contributed by atoms with Crippen LogP contribution >= 0.6 is 0 Å². The molecular weight excluding hydrogens is 270 g/mol. The second-order valence-corrected chi connectivity index (χ2v) is 6.12. The van der Waals surface area contributed by atoms with Crippen LogP contribution in [0, 0.1) is 0 Å². The first-order valence-corrected chi connectivity index (χ1v) is 8.79. The van der Waals surface area contributed by atoms with Crippen LogP contribution in [-0.4, -0.2) is 29.9 Å². The molecule has 0 atom stereocenters. The van der Waals surface area contributed by atoms with Crippen molar-refractivity contribution in [1.29, 1.82) is 0 Å². The normalized spacial score (nSPS) is 12.0. The van der Waals surface area contributed by atoms with E-state index in [2.05, 4.69) is 33.9 Å². The quantitative estimate of drug-likeness (QED) is 0.338. The summed E-state index contributed by atoms with van der Waals surface area (Å²) in [6, 6.07) is 7.99. The molecule has 1 aromatic rings. The van der Waals surface area contributed by atoms with Gasteiger partial charge in [-0.15, -0.1) is 0 Å². The average Bonchev–Trinajstić information content (AvgIpc) is 2.53. The van der Waals surface area contributed by atoms with Gasteiger partial charge < -0.3 is 0 Å². The SMILES string of the molecule is CCC[N+](/C=C/C(=O)c1ccc(CC)cc1)(CCC)CCC. The highest BCUT2D eigenvalue weighted by atomic mass is 16.1. The zero-order valence-electron chi connectivity index (χ0n) is 14.8. The van der Waals surface area contributed by atoms with Crippen LogP contribution in [0.4, 0.5) is 0 Å². The van der Waals surface area contributed by atoms with Crippen molar-refractivity contribution in [1.82, 2.24) is 0 Å². The molecule has 122 valence electrons. The molecule has 0 aliphatic carbocycles. The minimum atomic E-state index is 0.119. The van der Waals surface area contributed by atoms with Crippen LogP contribution in [-0.2, 0) is 6.42 Å². The Balaban J connectivity index is 2.89. The molecule has 0 spiro atoms. The molecule has 0 saturated carbocycles. The van der Waals surface area contributed by atoms with E-state index >= 15 is 0 Å². The lowest BCUT2D eigenvalue weighted by molar-refractivity contribution is -0.879. The lowest BCUT2D eigenvalue weighted by atomic mass is 10.1. The van der Waals surface area contributed by atoms with Crippen LogP contribution in [0.5, 0.6) is 0 Å². The van der Waals surface area contributed by atoms with E-state index in [1.54, 1.807) is 6.08 Å². The van der Waals surface area contributed by atoms with Gasteiger partial charge in [-0.3, -0.25) is 9.28 Å². The first kappa shape index (κ1) is 18.6. The number of benzene rings is 1. The Kier molecular flexibility index (Phi) is 8.11. The van der Waals surface area contributed by atoms with Crippen LogP contribution in [0.2, 0.25) is 0 Å². The second kappa shape index (κ2) is 9.58. The number of carbonyl (C=O) groups excluding carboxylic acids is 1. The van der Waals surface area contributed by atoms with Crippen molar-refractivity contribution in [3.05, 3.63) is 47.7 Å². The molecule has 0 fully saturated rings. The molecule has 1 aromatic carbocycles. The fraction of sp³-hybridized carbons (Fsp3) is 0.550. The van der Waals surface area contributed by atoms with E-state index in [4.69, 9.17) is 0 Å². The number of hydrogen-bond donors (Lipinski definition) is 0. The Morgan fingerprint density at radius 2 is 1.41 bits per heavy atom. The molecule has 0 unspecified atom stereocenters. The van der Waals surface area contributed by atoms with Gasteiger partial charge in [-0.05, 0) is 31.2 Å². The summed E-state index contributed by atoms with van der Waals surface area (Å²) < 4.78 is 0.933. The molecule has 0 N–H and O–H groups in total. The third-order valence-corrected chi connectivity index (χ3v) is 4.20. The predicted molar refractivity (Wildman–Crippen MR) is 95.0 cm³/mol. The molecule has 0 radical (unpaired) electrons. The molecule has 0 aliphatic rings. The number of aryl methyl sites for hydroxylation is 1. The molecule has 0 saturated heterocycles. The molecule has 1 rings (SSSR count). The van der Waals surface area contributed by atoms with E-state index < -0.39 is 0 Å². The molecule has 0 aromatic heterocycles. The van der Waals surface area contributed by atoms with Crippen molar-refractivity contribution in [3.8, 4) is 0 Å². The summed E-state index contributed by atoms with van der Waals surface area (Å²) in [5.74, 6) is 0.119. The van der Waals surface area contributed by atoms with Crippen molar-refractivity contribution >= 4 is 5.78 Å². The summed E-state index contributed by atoms with van der Waals surface area (Å²) in [5, 5.41) is 0. The molecular formula is C20H32NO+. The van der Waals surface area contributed by atoms with Gasteiger partial charge in [0.1, 0.15) is 0 Å². The van der Waals surface area contributed by atoms with Crippen LogP contribution < -0.4 is 0 Å². The molecule has 0 aliphatic heterocycles. The van der Waals surface area contributed by atoms with E-state index in [1.807, 2.05) is 24.3 Å². The van der Waals surface area contributed by atoms with Gasteiger partial charge in [0.05, 0.1) is 25.8 Å². The smallest absolute Gasteiger partial charge is 0.191 e. The highest BCUT2D eigenvalue weighted by Gasteiger charge is 2.22. The number of carbonyl (C=O) groups is 1. The maximum Gasteiger partial charge on any atom is 0.191 e. The number of hydrogen-bond acceptors (Lipinski definition) is 1. The Bertz CT molecular complexity index is 456. The van der Waals surface area contributed by atoms with Gasteiger partial charge in [0.15, 0.2) is 5.78 Å². The number of allylic oxidation sites excluding steroid dienone is 1. The summed E-state index contributed by atoms with van der Waals surface area (Å²) >= 11 is 0. The molecule has 0 heterocycles. The van der Waals surface area contributed by atoms with Gasteiger partial charge in [0, 0.05) is 11.6 Å². The first-order chi connectivity index (χ1) is 10.6. The zero-order valence-corrected chi connectivity index (χ0v) is 14.8. The van der Waals surface area contributed by atoms with Gasteiger partial charge >= 0.3 is 0 Å².